The van der Waals surface area contributed by atoms with E-state index < -0.39 is 0 Å². The van der Waals surface area contributed by atoms with E-state index in [4.69, 9.17) is 21.1 Å². The maximum Gasteiger partial charge on any atom is 0.248 e. The van der Waals surface area contributed by atoms with Gasteiger partial charge in [0.05, 0.1) is 30.0 Å². The molecule has 0 aliphatic carbocycles. The van der Waals surface area contributed by atoms with Crippen molar-refractivity contribution in [3.05, 3.63) is 111 Å². The van der Waals surface area contributed by atoms with E-state index in [0.717, 1.165) is 21.2 Å². The second-order valence-electron chi connectivity index (χ2n) is 7.81. The smallest absolute Gasteiger partial charge is 0.248 e. The van der Waals surface area contributed by atoms with E-state index >= 15 is 0 Å². The normalized spacial score (nSPS) is 11.0. The topological polar surface area (TPSA) is 65.4 Å². The Hall–Kier alpha value is -3.62. The zero-order chi connectivity index (χ0) is 25.5. The van der Waals surface area contributed by atoms with Gasteiger partial charge >= 0.3 is 0 Å². The summed E-state index contributed by atoms with van der Waals surface area (Å²) in [5.41, 5.74) is 3.10. The first-order chi connectivity index (χ1) is 17.4. The summed E-state index contributed by atoms with van der Waals surface area (Å²) in [4.78, 5) is 12.4. The highest BCUT2D eigenvalue weighted by Crippen LogP contribution is 2.30. The lowest BCUT2D eigenvalue weighted by Gasteiger charge is -2.12. The van der Waals surface area contributed by atoms with E-state index in [0.29, 0.717) is 28.8 Å². The van der Waals surface area contributed by atoms with Gasteiger partial charge in [-0.25, -0.2) is 4.39 Å². The molecule has 1 amide bonds. The Labute approximate surface area is 221 Å². The van der Waals surface area contributed by atoms with E-state index in [2.05, 4.69) is 26.3 Å². The molecule has 0 unspecified atom stereocenters. The van der Waals surface area contributed by atoms with E-state index in [-0.39, 0.29) is 18.3 Å². The van der Waals surface area contributed by atoms with Gasteiger partial charge in [-0.15, -0.1) is 0 Å². The number of rotatable bonds is 9. The Morgan fingerprint density at radius 1 is 1.14 bits per heavy atom. The first-order valence-electron chi connectivity index (χ1n) is 10.9. The molecular formula is C27H22BrClFN3O3. The quantitative estimate of drug-likeness (QED) is 0.227. The molecule has 3 aromatic carbocycles. The number of amides is 1. The molecule has 0 radical (unpaired) electrons. The second kappa shape index (κ2) is 11.9. The third-order valence-corrected chi connectivity index (χ3v) is 6.02. The molecule has 4 rings (SSSR count). The molecule has 36 heavy (non-hydrogen) atoms. The van der Waals surface area contributed by atoms with Crippen LogP contribution in [0.25, 0.3) is 6.08 Å². The molecule has 9 heteroatoms. The summed E-state index contributed by atoms with van der Waals surface area (Å²) < 4.78 is 26.9. The molecule has 0 aliphatic rings. The molecule has 0 aliphatic heterocycles. The number of benzene rings is 3. The van der Waals surface area contributed by atoms with Crippen LogP contribution >= 0.6 is 27.5 Å². The first-order valence-corrected chi connectivity index (χ1v) is 12.1. The average molecular weight is 571 g/mol. The van der Waals surface area contributed by atoms with Gasteiger partial charge in [0.2, 0.25) is 5.91 Å². The Bertz CT molecular complexity index is 1390. The summed E-state index contributed by atoms with van der Waals surface area (Å²) in [5, 5.41) is 7.63. The van der Waals surface area contributed by atoms with Gasteiger partial charge in [0.25, 0.3) is 0 Å². The van der Waals surface area contributed by atoms with Crippen molar-refractivity contribution >= 4 is 45.2 Å². The molecule has 184 valence electrons. The molecule has 4 aromatic rings. The van der Waals surface area contributed by atoms with Gasteiger partial charge in [0, 0.05) is 22.9 Å². The molecule has 1 heterocycles. The van der Waals surface area contributed by atoms with Gasteiger partial charge in [-0.2, -0.15) is 5.10 Å². The molecule has 0 bridgehead atoms. The molecule has 0 spiro atoms. The van der Waals surface area contributed by atoms with Crippen LogP contribution in [0.3, 0.4) is 0 Å². The predicted octanol–water partition coefficient (Wildman–Crippen LogP) is 6.73. The lowest BCUT2D eigenvalue weighted by molar-refractivity contribution is -0.111. The molecular weight excluding hydrogens is 549 g/mol. The Balaban J connectivity index is 1.37. The van der Waals surface area contributed by atoms with Gasteiger partial charge in [-0.1, -0.05) is 29.8 Å². The van der Waals surface area contributed by atoms with Crippen LogP contribution in [0.5, 0.6) is 11.5 Å². The zero-order valence-corrected chi connectivity index (χ0v) is 21.6. The fourth-order valence-electron chi connectivity index (χ4n) is 3.41. The molecule has 0 saturated heterocycles. The average Bonchev–Trinajstić information content (AvgIpc) is 3.30. The number of methoxy groups -OCH3 is 1. The largest absolute Gasteiger partial charge is 0.496 e. The van der Waals surface area contributed by atoms with E-state index in [1.165, 1.54) is 18.2 Å². The van der Waals surface area contributed by atoms with Crippen LogP contribution in [0.4, 0.5) is 10.1 Å². The van der Waals surface area contributed by atoms with Gasteiger partial charge in [0.15, 0.2) is 0 Å². The van der Waals surface area contributed by atoms with Crippen LogP contribution in [0, 0.1) is 5.82 Å². The minimum atomic E-state index is -0.296. The highest BCUT2D eigenvalue weighted by atomic mass is 79.9. The van der Waals surface area contributed by atoms with Crippen LogP contribution in [0.2, 0.25) is 5.02 Å². The number of carbonyl (C=O) groups excluding carboxylic acids is 1. The fourth-order valence-corrected chi connectivity index (χ4v) is 4.21. The van der Waals surface area contributed by atoms with Crippen molar-refractivity contribution in [1.29, 1.82) is 0 Å². The van der Waals surface area contributed by atoms with Crippen molar-refractivity contribution in [1.82, 2.24) is 9.78 Å². The van der Waals surface area contributed by atoms with Crippen LogP contribution in [-0.4, -0.2) is 22.8 Å². The Morgan fingerprint density at radius 2 is 1.92 bits per heavy atom. The number of anilines is 1. The maximum atomic E-state index is 13.1. The highest BCUT2D eigenvalue weighted by molar-refractivity contribution is 9.10. The molecule has 6 nitrogen and oxygen atoms in total. The van der Waals surface area contributed by atoms with Crippen molar-refractivity contribution in [3.63, 3.8) is 0 Å². The number of halogens is 3. The van der Waals surface area contributed by atoms with Crippen molar-refractivity contribution in [2.24, 2.45) is 0 Å². The molecule has 0 fully saturated rings. The SMILES string of the molecule is COc1ccc(/C=C\C(=O)Nc2cnn(Cc3ccc(F)cc3)c2)cc1COc1ccc(Cl)cc1Br. The van der Waals surface area contributed by atoms with Crippen molar-refractivity contribution in [3.8, 4) is 11.5 Å². The Morgan fingerprint density at radius 3 is 2.67 bits per heavy atom. The summed E-state index contributed by atoms with van der Waals surface area (Å²) in [7, 11) is 1.59. The van der Waals surface area contributed by atoms with Crippen molar-refractivity contribution < 1.29 is 18.7 Å². The standard InChI is InChI=1S/C27H22BrClFN3O3/c1-35-25-9-4-18(12-20(25)17-36-26-10-6-21(29)13-24(26)28)5-11-27(34)32-23-14-31-33(16-23)15-19-2-7-22(30)8-3-19/h2-14,16H,15,17H2,1H3,(H,32,34)/b11-5-. The monoisotopic (exact) mass is 569 g/mol. The lowest BCUT2D eigenvalue weighted by Crippen LogP contribution is -2.07. The van der Waals surface area contributed by atoms with Crippen LogP contribution in [0.15, 0.2) is 83.6 Å². The molecule has 0 atom stereocenters. The number of aromatic nitrogens is 2. The van der Waals surface area contributed by atoms with Gasteiger partial charge in [-0.05, 0) is 75.6 Å². The maximum absolute atomic E-state index is 13.1. The van der Waals surface area contributed by atoms with Crippen LogP contribution in [0.1, 0.15) is 16.7 Å². The van der Waals surface area contributed by atoms with Gasteiger partial charge in [-0.3, -0.25) is 9.48 Å². The summed E-state index contributed by atoms with van der Waals surface area (Å²) in [6, 6.07) is 17.1. The van der Waals surface area contributed by atoms with E-state index in [9.17, 15) is 9.18 Å². The summed E-state index contributed by atoms with van der Waals surface area (Å²) in [6.07, 6.45) is 6.43. The number of nitrogens with one attached hydrogen (secondary N) is 1. The molecule has 1 N–H and O–H groups in total. The van der Waals surface area contributed by atoms with E-state index in [1.54, 1.807) is 60.6 Å². The lowest BCUT2D eigenvalue weighted by atomic mass is 10.1. The second-order valence-corrected chi connectivity index (χ2v) is 9.10. The van der Waals surface area contributed by atoms with Crippen molar-refractivity contribution in [2.75, 3.05) is 12.4 Å². The number of hydrogen-bond donors (Lipinski definition) is 1. The summed E-state index contributed by atoms with van der Waals surface area (Å²) in [5.74, 6) is 0.747. The van der Waals surface area contributed by atoms with Gasteiger partial charge < -0.3 is 14.8 Å². The van der Waals surface area contributed by atoms with E-state index in [1.807, 2.05) is 18.2 Å². The first kappa shape index (κ1) is 25.5. The summed E-state index contributed by atoms with van der Waals surface area (Å²) in [6.45, 7) is 0.736. The van der Waals surface area contributed by atoms with Crippen LogP contribution in [-0.2, 0) is 17.9 Å². The third kappa shape index (κ3) is 6.96. The third-order valence-electron chi connectivity index (χ3n) is 5.17. The Kier molecular flexibility index (Phi) is 8.40. The zero-order valence-electron chi connectivity index (χ0n) is 19.3. The minimum absolute atomic E-state index is 0.268. The molecule has 0 saturated carbocycles. The highest BCUT2D eigenvalue weighted by Gasteiger charge is 2.08. The number of hydrogen-bond acceptors (Lipinski definition) is 4. The number of nitrogens with zero attached hydrogens (tertiary/aromatic N) is 2. The van der Waals surface area contributed by atoms with Crippen molar-refractivity contribution in [2.45, 2.75) is 13.2 Å². The molecule has 1 aromatic heterocycles. The van der Waals surface area contributed by atoms with Gasteiger partial charge in [0.1, 0.15) is 23.9 Å². The number of ether oxygens (including phenoxy) is 2. The minimum Gasteiger partial charge on any atom is -0.496 e. The predicted molar refractivity (Wildman–Crippen MR) is 142 cm³/mol. The fraction of sp³-hybridized carbons (Fsp3) is 0.111. The summed E-state index contributed by atoms with van der Waals surface area (Å²) >= 11 is 9.43. The number of carbonyl (C=O) groups is 1. The van der Waals surface area contributed by atoms with Crippen LogP contribution < -0.4 is 14.8 Å².